The number of nitrogens with one attached hydrogen (secondary N) is 1. The van der Waals surface area contributed by atoms with E-state index in [2.05, 4.69) is 31.1 Å². The minimum absolute atomic E-state index is 0.572. The SMILES string of the molecule is CCC(C)(NCCCCN(C)C(C)C)C(=O)O. The van der Waals surface area contributed by atoms with Gasteiger partial charge in [0.15, 0.2) is 0 Å². The Morgan fingerprint density at radius 2 is 2.00 bits per heavy atom. The molecule has 0 aliphatic carbocycles. The molecule has 0 saturated heterocycles. The van der Waals surface area contributed by atoms with Gasteiger partial charge in [-0.15, -0.1) is 0 Å². The first-order valence-electron chi connectivity index (χ1n) is 6.52. The number of unbranched alkanes of at least 4 members (excludes halogenated alkanes) is 1. The van der Waals surface area contributed by atoms with Crippen LogP contribution in [0.4, 0.5) is 0 Å². The van der Waals surface area contributed by atoms with Gasteiger partial charge in [0.25, 0.3) is 0 Å². The van der Waals surface area contributed by atoms with E-state index in [1.54, 1.807) is 6.92 Å². The number of hydrogen-bond donors (Lipinski definition) is 2. The van der Waals surface area contributed by atoms with E-state index in [0.29, 0.717) is 12.5 Å². The summed E-state index contributed by atoms with van der Waals surface area (Å²) in [4.78, 5) is 13.3. The molecule has 0 bridgehead atoms. The van der Waals surface area contributed by atoms with Crippen LogP contribution in [0, 0.1) is 0 Å². The van der Waals surface area contributed by atoms with Gasteiger partial charge in [0, 0.05) is 6.04 Å². The molecule has 1 unspecified atom stereocenters. The van der Waals surface area contributed by atoms with Crippen molar-refractivity contribution in [2.45, 2.75) is 58.5 Å². The van der Waals surface area contributed by atoms with Crippen LogP contribution in [0.25, 0.3) is 0 Å². The Kier molecular flexibility index (Phi) is 7.39. The molecule has 0 radical (unpaired) electrons. The van der Waals surface area contributed by atoms with Gasteiger partial charge in [-0.3, -0.25) is 4.79 Å². The highest BCUT2D eigenvalue weighted by atomic mass is 16.4. The van der Waals surface area contributed by atoms with Crippen LogP contribution >= 0.6 is 0 Å². The van der Waals surface area contributed by atoms with Crippen molar-refractivity contribution in [3.05, 3.63) is 0 Å². The number of carbonyl (C=O) groups is 1. The number of nitrogens with zero attached hydrogens (tertiary/aromatic N) is 1. The standard InChI is InChI=1S/C13H28N2O2/c1-6-13(4,12(16)17)14-9-7-8-10-15(5)11(2)3/h11,14H,6-10H2,1-5H3,(H,16,17). The van der Waals surface area contributed by atoms with Crippen LogP contribution in [0.15, 0.2) is 0 Å². The topological polar surface area (TPSA) is 52.6 Å². The van der Waals surface area contributed by atoms with Crippen LogP contribution in [-0.2, 0) is 4.79 Å². The van der Waals surface area contributed by atoms with E-state index >= 15 is 0 Å². The lowest BCUT2D eigenvalue weighted by molar-refractivity contribution is -0.144. The van der Waals surface area contributed by atoms with Gasteiger partial charge in [0.1, 0.15) is 5.54 Å². The molecule has 0 rings (SSSR count). The summed E-state index contributed by atoms with van der Waals surface area (Å²) in [6.45, 7) is 9.83. The average Bonchev–Trinajstić information content (AvgIpc) is 2.27. The summed E-state index contributed by atoms with van der Waals surface area (Å²) >= 11 is 0. The molecule has 102 valence electrons. The number of aliphatic carboxylic acids is 1. The fourth-order valence-electron chi connectivity index (χ4n) is 1.46. The summed E-state index contributed by atoms with van der Waals surface area (Å²) in [6.07, 6.45) is 2.72. The number of hydrogen-bond acceptors (Lipinski definition) is 3. The Bertz CT molecular complexity index is 231. The zero-order chi connectivity index (χ0) is 13.5. The molecule has 1 atom stereocenters. The van der Waals surface area contributed by atoms with Crippen LogP contribution in [0.5, 0.6) is 0 Å². The Morgan fingerprint density at radius 3 is 2.41 bits per heavy atom. The Labute approximate surface area is 105 Å². The minimum Gasteiger partial charge on any atom is -0.480 e. The third-order valence-electron chi connectivity index (χ3n) is 3.51. The maximum atomic E-state index is 11.0. The van der Waals surface area contributed by atoms with E-state index in [9.17, 15) is 4.79 Å². The monoisotopic (exact) mass is 244 g/mol. The summed E-state index contributed by atoms with van der Waals surface area (Å²) in [5, 5.41) is 12.2. The summed E-state index contributed by atoms with van der Waals surface area (Å²) in [7, 11) is 2.12. The van der Waals surface area contributed by atoms with Crippen LogP contribution in [-0.4, -0.2) is 47.7 Å². The molecule has 4 heteroatoms. The highest BCUT2D eigenvalue weighted by molar-refractivity contribution is 5.78. The minimum atomic E-state index is -0.774. The Hall–Kier alpha value is -0.610. The van der Waals surface area contributed by atoms with E-state index in [-0.39, 0.29) is 0 Å². The van der Waals surface area contributed by atoms with E-state index in [0.717, 1.165) is 25.9 Å². The van der Waals surface area contributed by atoms with E-state index < -0.39 is 11.5 Å². The fraction of sp³-hybridized carbons (Fsp3) is 0.923. The Morgan fingerprint density at radius 1 is 1.41 bits per heavy atom. The van der Waals surface area contributed by atoms with Crippen molar-refractivity contribution in [3.8, 4) is 0 Å². The van der Waals surface area contributed by atoms with Crippen LogP contribution in [0.3, 0.4) is 0 Å². The molecule has 0 spiro atoms. The molecule has 0 fully saturated rings. The molecular formula is C13H28N2O2. The van der Waals surface area contributed by atoms with Gasteiger partial charge in [-0.2, -0.15) is 0 Å². The van der Waals surface area contributed by atoms with Crippen molar-refractivity contribution < 1.29 is 9.90 Å². The molecule has 0 aliphatic rings. The maximum absolute atomic E-state index is 11.0. The largest absolute Gasteiger partial charge is 0.480 e. The number of carboxylic acid groups (broad SMARTS) is 1. The molecule has 0 heterocycles. The smallest absolute Gasteiger partial charge is 0.323 e. The normalized spacial score (nSPS) is 15.2. The summed E-state index contributed by atoms with van der Waals surface area (Å²) in [5.41, 5.74) is -0.774. The van der Waals surface area contributed by atoms with Gasteiger partial charge in [0.2, 0.25) is 0 Å². The van der Waals surface area contributed by atoms with E-state index in [1.807, 2.05) is 6.92 Å². The van der Waals surface area contributed by atoms with Crippen molar-refractivity contribution in [1.82, 2.24) is 10.2 Å². The maximum Gasteiger partial charge on any atom is 0.323 e. The molecular weight excluding hydrogens is 216 g/mol. The van der Waals surface area contributed by atoms with Gasteiger partial charge >= 0.3 is 5.97 Å². The summed E-state index contributed by atoms with van der Waals surface area (Å²) < 4.78 is 0. The van der Waals surface area contributed by atoms with Gasteiger partial charge in [0.05, 0.1) is 0 Å². The number of rotatable bonds is 9. The summed E-state index contributed by atoms with van der Waals surface area (Å²) in [5.74, 6) is -0.765. The Balaban J connectivity index is 3.74. The predicted octanol–water partition coefficient (Wildman–Crippen LogP) is 1.95. The number of carboxylic acids is 1. The molecule has 0 aromatic carbocycles. The summed E-state index contributed by atoms with van der Waals surface area (Å²) in [6, 6.07) is 0.572. The van der Waals surface area contributed by atoms with Crippen LogP contribution in [0.2, 0.25) is 0 Å². The fourth-order valence-corrected chi connectivity index (χ4v) is 1.46. The second-order valence-electron chi connectivity index (χ2n) is 5.20. The molecule has 4 nitrogen and oxygen atoms in total. The third kappa shape index (κ3) is 6.03. The molecule has 0 amide bonds. The zero-order valence-electron chi connectivity index (χ0n) is 11.9. The van der Waals surface area contributed by atoms with Crippen molar-refractivity contribution >= 4 is 5.97 Å². The molecule has 2 N–H and O–H groups in total. The van der Waals surface area contributed by atoms with Crippen molar-refractivity contribution in [2.24, 2.45) is 0 Å². The molecule has 17 heavy (non-hydrogen) atoms. The lowest BCUT2D eigenvalue weighted by atomic mass is 9.99. The molecule has 0 saturated carbocycles. The lowest BCUT2D eigenvalue weighted by Gasteiger charge is -2.25. The second kappa shape index (κ2) is 7.67. The van der Waals surface area contributed by atoms with Gasteiger partial charge < -0.3 is 15.3 Å². The second-order valence-corrected chi connectivity index (χ2v) is 5.20. The first-order valence-corrected chi connectivity index (χ1v) is 6.52. The van der Waals surface area contributed by atoms with Gasteiger partial charge in [-0.25, -0.2) is 0 Å². The predicted molar refractivity (Wildman–Crippen MR) is 71.3 cm³/mol. The van der Waals surface area contributed by atoms with Crippen LogP contribution in [0.1, 0.15) is 47.0 Å². The molecule has 0 aromatic heterocycles. The highest BCUT2D eigenvalue weighted by Gasteiger charge is 2.29. The van der Waals surface area contributed by atoms with Crippen molar-refractivity contribution in [2.75, 3.05) is 20.1 Å². The first kappa shape index (κ1) is 16.4. The van der Waals surface area contributed by atoms with Crippen molar-refractivity contribution in [1.29, 1.82) is 0 Å². The zero-order valence-corrected chi connectivity index (χ0v) is 11.9. The lowest BCUT2D eigenvalue weighted by Crippen LogP contribution is -2.49. The average molecular weight is 244 g/mol. The highest BCUT2D eigenvalue weighted by Crippen LogP contribution is 2.09. The van der Waals surface area contributed by atoms with Gasteiger partial charge in [-0.05, 0) is 60.2 Å². The third-order valence-corrected chi connectivity index (χ3v) is 3.51. The quantitative estimate of drug-likeness (QED) is 0.609. The van der Waals surface area contributed by atoms with Crippen molar-refractivity contribution in [3.63, 3.8) is 0 Å². The molecule has 0 aliphatic heterocycles. The first-order chi connectivity index (χ1) is 7.83. The van der Waals surface area contributed by atoms with Crippen LogP contribution < -0.4 is 5.32 Å². The molecule has 0 aromatic rings. The van der Waals surface area contributed by atoms with E-state index in [1.165, 1.54) is 0 Å². The van der Waals surface area contributed by atoms with E-state index in [4.69, 9.17) is 5.11 Å². The van der Waals surface area contributed by atoms with Gasteiger partial charge in [-0.1, -0.05) is 6.92 Å².